The number of unbranched alkanes of at least 4 members (excludes halogenated alkanes) is 2. The van der Waals surface area contributed by atoms with Gasteiger partial charge in [-0.05, 0) is 110 Å². The summed E-state index contributed by atoms with van der Waals surface area (Å²) in [5, 5.41) is 22.3. The van der Waals surface area contributed by atoms with Crippen LogP contribution in [-0.4, -0.2) is 28.4 Å². The van der Waals surface area contributed by atoms with Crippen LogP contribution in [0.25, 0.3) is 0 Å². The van der Waals surface area contributed by atoms with Crippen LogP contribution in [0.15, 0.2) is 42.5 Å². The summed E-state index contributed by atoms with van der Waals surface area (Å²) in [6.07, 6.45) is 10.3. The van der Waals surface area contributed by atoms with E-state index in [0.29, 0.717) is 48.2 Å². The number of nitrogens with one attached hydrogen (secondary N) is 1. The Morgan fingerprint density at radius 2 is 1.81 bits per heavy atom. The first-order chi connectivity index (χ1) is 17.8. The van der Waals surface area contributed by atoms with Gasteiger partial charge < -0.3 is 15.5 Å². The van der Waals surface area contributed by atoms with Gasteiger partial charge in [0, 0.05) is 24.8 Å². The smallest absolute Gasteiger partial charge is 0.220 e. The van der Waals surface area contributed by atoms with Crippen LogP contribution < -0.4 is 5.32 Å². The fraction of sp³-hybridized carbons (Fsp3) is 0.562. The summed E-state index contributed by atoms with van der Waals surface area (Å²) in [4.78, 5) is 25.5. The fourth-order valence-corrected chi connectivity index (χ4v) is 7.86. The minimum Gasteiger partial charge on any atom is -0.508 e. The van der Waals surface area contributed by atoms with Crippen molar-refractivity contribution in [2.45, 2.75) is 83.5 Å². The molecule has 5 rings (SSSR count). The van der Waals surface area contributed by atoms with Crippen LogP contribution in [0.4, 0.5) is 0 Å². The van der Waals surface area contributed by atoms with E-state index in [0.717, 1.165) is 69.8 Å². The summed E-state index contributed by atoms with van der Waals surface area (Å²) in [6, 6.07) is 13.0. The summed E-state index contributed by atoms with van der Waals surface area (Å²) in [5.41, 5.74) is 3.64. The van der Waals surface area contributed by atoms with Crippen molar-refractivity contribution in [3.63, 3.8) is 0 Å². The second-order valence-electron chi connectivity index (χ2n) is 11.9. The van der Waals surface area contributed by atoms with Crippen molar-refractivity contribution in [1.29, 1.82) is 0 Å². The topological polar surface area (TPSA) is 86.6 Å². The molecule has 0 spiro atoms. The van der Waals surface area contributed by atoms with Gasteiger partial charge in [-0.15, -0.1) is 0 Å². The van der Waals surface area contributed by atoms with E-state index in [-0.39, 0.29) is 17.1 Å². The number of aryl methyl sites for hydroxylation is 1. The molecule has 5 heteroatoms. The molecule has 1 amide bonds. The number of carbonyl (C=O) groups is 2. The monoisotopic (exact) mass is 503 g/mol. The molecule has 2 aromatic carbocycles. The maximum absolute atomic E-state index is 13.2. The molecule has 3 aliphatic rings. The standard InChI is InChI=1S/C32H41NO4/c1-32-17-15-27-26-14-12-25(35)19-22(26)9-13-28(27)31(32)23(20-29(32)36)5-3-2-4-6-30(37)33-18-16-21-7-10-24(34)11-8-21/h7-8,10-12,14,19,23,27-28,31,34-35H,2-6,9,13,15-18,20H2,1H3,(H,33,37)/t23?,27-,28-,31+,32-/m1/s1. The molecule has 0 saturated heterocycles. The molecule has 2 aromatic rings. The first-order valence-corrected chi connectivity index (χ1v) is 14.2. The number of hydrogen-bond donors (Lipinski definition) is 3. The second kappa shape index (κ2) is 10.9. The second-order valence-corrected chi connectivity index (χ2v) is 11.9. The van der Waals surface area contributed by atoms with Crippen molar-refractivity contribution < 1.29 is 19.8 Å². The first kappa shape index (κ1) is 25.8. The number of rotatable bonds is 9. The first-order valence-electron chi connectivity index (χ1n) is 14.2. The molecule has 3 aliphatic carbocycles. The quantitative estimate of drug-likeness (QED) is 0.363. The van der Waals surface area contributed by atoms with Crippen LogP contribution in [0, 0.1) is 23.2 Å². The molecule has 5 atom stereocenters. The third kappa shape index (κ3) is 5.42. The van der Waals surface area contributed by atoms with Gasteiger partial charge in [0.2, 0.25) is 5.91 Å². The lowest BCUT2D eigenvalue weighted by molar-refractivity contribution is -0.129. The number of phenols is 2. The maximum atomic E-state index is 13.2. The van der Waals surface area contributed by atoms with Crippen molar-refractivity contribution in [1.82, 2.24) is 5.32 Å². The molecular formula is C32H41NO4. The van der Waals surface area contributed by atoms with Crippen molar-refractivity contribution in [2.75, 3.05) is 6.54 Å². The number of carbonyl (C=O) groups excluding carboxylic acids is 2. The number of fused-ring (bicyclic) bond motifs is 5. The van der Waals surface area contributed by atoms with E-state index >= 15 is 0 Å². The molecule has 0 heterocycles. The molecule has 0 bridgehead atoms. The normalized spacial score (nSPS) is 28.3. The molecule has 0 aliphatic heterocycles. The minimum absolute atomic E-state index is 0.101. The Labute approximate surface area is 220 Å². The van der Waals surface area contributed by atoms with Crippen LogP contribution in [0.1, 0.15) is 87.3 Å². The number of benzene rings is 2. The van der Waals surface area contributed by atoms with Gasteiger partial charge in [-0.25, -0.2) is 0 Å². The highest BCUT2D eigenvalue weighted by Crippen LogP contribution is 2.62. The lowest BCUT2D eigenvalue weighted by atomic mass is 9.54. The van der Waals surface area contributed by atoms with Gasteiger partial charge >= 0.3 is 0 Å². The third-order valence-electron chi connectivity index (χ3n) is 9.70. The summed E-state index contributed by atoms with van der Waals surface area (Å²) in [6.45, 7) is 2.85. The molecule has 37 heavy (non-hydrogen) atoms. The van der Waals surface area contributed by atoms with E-state index < -0.39 is 0 Å². The van der Waals surface area contributed by atoms with E-state index in [9.17, 15) is 19.8 Å². The fourth-order valence-electron chi connectivity index (χ4n) is 7.86. The van der Waals surface area contributed by atoms with Gasteiger partial charge in [0.05, 0.1) is 0 Å². The highest BCUT2D eigenvalue weighted by Gasteiger charge is 2.58. The van der Waals surface area contributed by atoms with Gasteiger partial charge in [-0.3, -0.25) is 9.59 Å². The van der Waals surface area contributed by atoms with Crippen LogP contribution in [0.5, 0.6) is 11.5 Å². The molecule has 2 fully saturated rings. The van der Waals surface area contributed by atoms with E-state index in [1.165, 1.54) is 11.1 Å². The van der Waals surface area contributed by atoms with Gasteiger partial charge in [-0.1, -0.05) is 38.0 Å². The van der Waals surface area contributed by atoms with Gasteiger partial charge in [-0.2, -0.15) is 0 Å². The van der Waals surface area contributed by atoms with Crippen LogP contribution in [0.3, 0.4) is 0 Å². The van der Waals surface area contributed by atoms with Crippen LogP contribution >= 0.6 is 0 Å². The molecular weight excluding hydrogens is 462 g/mol. The number of phenolic OH excluding ortho intramolecular Hbond substituents is 2. The van der Waals surface area contributed by atoms with Gasteiger partial charge in [0.15, 0.2) is 0 Å². The van der Waals surface area contributed by atoms with Gasteiger partial charge in [0.1, 0.15) is 17.3 Å². The summed E-state index contributed by atoms with van der Waals surface area (Å²) >= 11 is 0. The predicted octanol–water partition coefficient (Wildman–Crippen LogP) is 6.06. The Bertz CT molecular complexity index is 1130. The number of ketones is 1. The summed E-state index contributed by atoms with van der Waals surface area (Å²) < 4.78 is 0. The minimum atomic E-state index is -0.169. The molecule has 5 nitrogen and oxygen atoms in total. The Balaban J connectivity index is 1.09. The van der Waals surface area contributed by atoms with E-state index in [2.05, 4.69) is 18.3 Å². The van der Waals surface area contributed by atoms with E-state index in [1.807, 2.05) is 24.3 Å². The third-order valence-corrected chi connectivity index (χ3v) is 9.70. The summed E-state index contributed by atoms with van der Waals surface area (Å²) in [5.74, 6) is 3.19. The molecule has 0 aromatic heterocycles. The van der Waals surface area contributed by atoms with Crippen molar-refractivity contribution >= 4 is 11.7 Å². The maximum Gasteiger partial charge on any atom is 0.220 e. The summed E-state index contributed by atoms with van der Waals surface area (Å²) in [7, 11) is 0. The Hall–Kier alpha value is -2.82. The van der Waals surface area contributed by atoms with Crippen molar-refractivity contribution in [3.05, 3.63) is 59.2 Å². The van der Waals surface area contributed by atoms with Crippen LogP contribution in [0.2, 0.25) is 0 Å². The Morgan fingerprint density at radius 1 is 1.03 bits per heavy atom. The molecule has 1 unspecified atom stereocenters. The highest BCUT2D eigenvalue weighted by molar-refractivity contribution is 5.87. The number of aromatic hydroxyl groups is 2. The molecule has 3 N–H and O–H groups in total. The number of Topliss-reactive ketones (excluding diaryl/α,β-unsaturated/α-hetero) is 1. The average Bonchev–Trinajstić information content (AvgIpc) is 3.14. The number of hydrogen-bond acceptors (Lipinski definition) is 4. The highest BCUT2D eigenvalue weighted by atomic mass is 16.3. The average molecular weight is 504 g/mol. The zero-order valence-electron chi connectivity index (χ0n) is 22.0. The zero-order chi connectivity index (χ0) is 26.0. The molecule has 0 radical (unpaired) electrons. The Morgan fingerprint density at radius 3 is 2.62 bits per heavy atom. The molecule has 198 valence electrons. The predicted molar refractivity (Wildman–Crippen MR) is 145 cm³/mol. The van der Waals surface area contributed by atoms with Crippen LogP contribution in [-0.2, 0) is 22.4 Å². The van der Waals surface area contributed by atoms with E-state index in [1.54, 1.807) is 12.1 Å². The van der Waals surface area contributed by atoms with E-state index in [4.69, 9.17) is 0 Å². The SMILES string of the molecule is C[C@]12CC[C@@H]3c4ccc(O)cc4CC[C@H]3[C@@H]1C(CCCCCC(=O)NCCc1ccc(O)cc1)CC2=O. The van der Waals surface area contributed by atoms with Crippen molar-refractivity contribution in [2.24, 2.45) is 23.2 Å². The number of amides is 1. The molecule has 2 saturated carbocycles. The lowest BCUT2D eigenvalue weighted by Gasteiger charge is -2.50. The Kier molecular flexibility index (Phi) is 7.60. The van der Waals surface area contributed by atoms with Crippen molar-refractivity contribution in [3.8, 4) is 11.5 Å². The largest absolute Gasteiger partial charge is 0.508 e. The van der Waals surface area contributed by atoms with Gasteiger partial charge in [0.25, 0.3) is 0 Å². The lowest BCUT2D eigenvalue weighted by Crippen LogP contribution is -2.44. The zero-order valence-corrected chi connectivity index (χ0v) is 22.0.